The minimum atomic E-state index is -3.71. The lowest BCUT2D eigenvalue weighted by molar-refractivity contribution is -0.137. The third-order valence-electron chi connectivity index (χ3n) is 2.25. The van der Waals surface area contributed by atoms with Crippen molar-refractivity contribution >= 4 is 16.0 Å². The number of esters is 1. The van der Waals surface area contributed by atoms with E-state index in [9.17, 15) is 13.2 Å². The van der Waals surface area contributed by atoms with Crippen molar-refractivity contribution in [1.82, 2.24) is 4.72 Å². The first-order valence-electron chi connectivity index (χ1n) is 5.42. The Balaban J connectivity index is 4.71. The number of carbonyl (C=O) groups is 1. The summed E-state index contributed by atoms with van der Waals surface area (Å²) in [7, 11) is -2.57. The fourth-order valence-corrected chi connectivity index (χ4v) is 3.11. The van der Waals surface area contributed by atoms with Gasteiger partial charge >= 0.3 is 5.97 Å². The van der Waals surface area contributed by atoms with Crippen LogP contribution in [-0.4, -0.2) is 39.3 Å². The predicted molar refractivity (Wildman–Crippen MR) is 65.9 cm³/mol. The number of nitrogens with one attached hydrogen (secondary N) is 1. The molecule has 0 radical (unpaired) electrons. The largest absolute Gasteiger partial charge is 0.468 e. The van der Waals surface area contributed by atoms with Crippen LogP contribution in [0.5, 0.6) is 0 Å². The second-order valence-electron chi connectivity index (χ2n) is 4.80. The molecular formula is C10H22N2O4S. The quantitative estimate of drug-likeness (QED) is 0.624. The van der Waals surface area contributed by atoms with E-state index in [0.717, 1.165) is 7.11 Å². The molecule has 0 amide bonds. The Labute approximate surface area is 103 Å². The van der Waals surface area contributed by atoms with Crippen LogP contribution in [0.2, 0.25) is 0 Å². The smallest absolute Gasteiger partial charge is 0.322 e. The number of rotatable bonds is 7. The van der Waals surface area contributed by atoms with Gasteiger partial charge in [0, 0.05) is 12.1 Å². The van der Waals surface area contributed by atoms with E-state index in [1.807, 2.05) is 13.8 Å². The second kappa shape index (κ2) is 6.32. The van der Waals surface area contributed by atoms with E-state index in [1.165, 1.54) is 0 Å². The van der Waals surface area contributed by atoms with Crippen molar-refractivity contribution in [3.63, 3.8) is 0 Å². The van der Waals surface area contributed by atoms with Gasteiger partial charge in [-0.3, -0.25) is 4.79 Å². The Bertz CT molecular complexity index is 353. The molecule has 0 fully saturated rings. The summed E-state index contributed by atoms with van der Waals surface area (Å²) in [6.45, 7) is 5.85. The molecule has 0 aliphatic rings. The van der Waals surface area contributed by atoms with E-state index in [-0.39, 0.29) is 6.54 Å². The van der Waals surface area contributed by atoms with Crippen molar-refractivity contribution in [2.45, 2.75) is 32.7 Å². The summed E-state index contributed by atoms with van der Waals surface area (Å²) < 4.78 is 30.2. The van der Waals surface area contributed by atoms with Crippen LogP contribution in [0, 0.1) is 5.92 Å². The van der Waals surface area contributed by atoms with Crippen LogP contribution in [0.25, 0.3) is 0 Å². The van der Waals surface area contributed by atoms with Crippen molar-refractivity contribution in [2.24, 2.45) is 11.7 Å². The van der Waals surface area contributed by atoms with Crippen LogP contribution >= 0.6 is 0 Å². The van der Waals surface area contributed by atoms with Gasteiger partial charge in [-0.2, -0.15) is 0 Å². The standard InChI is InChI=1S/C10H22N2O4S/c1-8(2)5-10(3,7-11)12-17(14,15)6-9(13)16-4/h8,12H,5-7,11H2,1-4H3. The minimum Gasteiger partial charge on any atom is -0.468 e. The molecule has 0 rings (SSSR count). The molecule has 0 aliphatic heterocycles. The normalized spacial score (nSPS) is 15.6. The van der Waals surface area contributed by atoms with Crippen molar-refractivity contribution in [3.8, 4) is 0 Å². The number of hydrogen-bond donors (Lipinski definition) is 2. The highest BCUT2D eigenvalue weighted by Gasteiger charge is 2.30. The SMILES string of the molecule is COC(=O)CS(=O)(=O)NC(C)(CN)CC(C)C. The Morgan fingerprint density at radius 3 is 2.35 bits per heavy atom. The van der Waals surface area contributed by atoms with Crippen molar-refractivity contribution in [2.75, 3.05) is 19.4 Å². The van der Waals surface area contributed by atoms with Crippen LogP contribution in [-0.2, 0) is 19.6 Å². The van der Waals surface area contributed by atoms with E-state index in [4.69, 9.17) is 5.73 Å². The lowest BCUT2D eigenvalue weighted by Gasteiger charge is -2.30. The summed E-state index contributed by atoms with van der Waals surface area (Å²) >= 11 is 0. The van der Waals surface area contributed by atoms with E-state index in [0.29, 0.717) is 12.3 Å². The summed E-state index contributed by atoms with van der Waals surface area (Å²) in [5, 5.41) is 0. The molecule has 0 aromatic carbocycles. The minimum absolute atomic E-state index is 0.172. The number of hydrogen-bond acceptors (Lipinski definition) is 5. The topological polar surface area (TPSA) is 98.5 Å². The molecule has 0 saturated heterocycles. The molecule has 0 aromatic heterocycles. The molecule has 6 nitrogen and oxygen atoms in total. The van der Waals surface area contributed by atoms with Gasteiger partial charge in [0.15, 0.2) is 5.75 Å². The van der Waals surface area contributed by atoms with Gasteiger partial charge < -0.3 is 10.5 Å². The fraction of sp³-hybridized carbons (Fsp3) is 0.900. The van der Waals surface area contributed by atoms with Crippen LogP contribution in [0.15, 0.2) is 0 Å². The predicted octanol–water partition coefficient (Wildman–Crippen LogP) is -0.158. The molecule has 0 aromatic rings. The van der Waals surface area contributed by atoms with Gasteiger partial charge in [-0.05, 0) is 19.3 Å². The Kier molecular flexibility index (Phi) is 6.08. The number of ether oxygens (including phenoxy) is 1. The van der Waals surface area contributed by atoms with Gasteiger partial charge in [-0.1, -0.05) is 13.8 Å². The first-order chi connectivity index (χ1) is 7.64. The average molecular weight is 266 g/mol. The number of methoxy groups -OCH3 is 1. The van der Waals surface area contributed by atoms with Gasteiger partial charge in [0.25, 0.3) is 0 Å². The van der Waals surface area contributed by atoms with Crippen molar-refractivity contribution in [1.29, 1.82) is 0 Å². The molecule has 0 aliphatic carbocycles. The zero-order valence-electron chi connectivity index (χ0n) is 10.8. The summed E-state index contributed by atoms with van der Waals surface area (Å²) in [5.41, 5.74) is 4.85. The van der Waals surface area contributed by atoms with Crippen LogP contribution in [0.1, 0.15) is 27.2 Å². The lowest BCUT2D eigenvalue weighted by Crippen LogP contribution is -2.53. The highest BCUT2D eigenvalue weighted by Crippen LogP contribution is 2.16. The Morgan fingerprint density at radius 2 is 2.00 bits per heavy atom. The highest BCUT2D eigenvalue weighted by atomic mass is 32.2. The van der Waals surface area contributed by atoms with Gasteiger partial charge in [0.1, 0.15) is 0 Å². The average Bonchev–Trinajstić information content (AvgIpc) is 2.14. The first-order valence-corrected chi connectivity index (χ1v) is 7.08. The van der Waals surface area contributed by atoms with E-state index < -0.39 is 27.3 Å². The van der Waals surface area contributed by atoms with Crippen LogP contribution < -0.4 is 10.5 Å². The third-order valence-corrected chi connectivity index (χ3v) is 3.67. The van der Waals surface area contributed by atoms with Gasteiger partial charge in [0.2, 0.25) is 10.0 Å². The number of carbonyl (C=O) groups excluding carboxylic acids is 1. The summed E-state index contributed by atoms with van der Waals surface area (Å²) in [6.07, 6.45) is 0.601. The summed E-state index contributed by atoms with van der Waals surface area (Å²) in [4.78, 5) is 11.0. The fourth-order valence-electron chi connectivity index (χ4n) is 1.69. The Hall–Kier alpha value is -0.660. The maximum atomic E-state index is 11.7. The maximum absolute atomic E-state index is 11.7. The van der Waals surface area contributed by atoms with E-state index >= 15 is 0 Å². The molecule has 0 spiro atoms. The van der Waals surface area contributed by atoms with Gasteiger partial charge in [-0.15, -0.1) is 0 Å². The zero-order valence-corrected chi connectivity index (χ0v) is 11.6. The molecule has 1 unspecified atom stereocenters. The van der Waals surface area contributed by atoms with Crippen molar-refractivity contribution in [3.05, 3.63) is 0 Å². The molecule has 0 bridgehead atoms. The maximum Gasteiger partial charge on any atom is 0.322 e. The number of nitrogens with two attached hydrogens (primary N) is 1. The van der Waals surface area contributed by atoms with Crippen LogP contribution in [0.4, 0.5) is 0 Å². The third kappa shape index (κ3) is 6.60. The summed E-state index contributed by atoms with van der Waals surface area (Å²) in [5.74, 6) is -1.18. The van der Waals surface area contributed by atoms with E-state index in [2.05, 4.69) is 9.46 Å². The second-order valence-corrected chi connectivity index (χ2v) is 6.52. The van der Waals surface area contributed by atoms with Crippen molar-refractivity contribution < 1.29 is 17.9 Å². The first kappa shape index (κ1) is 16.3. The van der Waals surface area contributed by atoms with Crippen LogP contribution in [0.3, 0.4) is 0 Å². The molecule has 102 valence electrons. The lowest BCUT2D eigenvalue weighted by atomic mass is 9.92. The zero-order chi connectivity index (χ0) is 13.7. The van der Waals surface area contributed by atoms with E-state index in [1.54, 1.807) is 6.92 Å². The molecular weight excluding hydrogens is 244 g/mol. The van der Waals surface area contributed by atoms with Gasteiger partial charge in [0.05, 0.1) is 7.11 Å². The molecule has 3 N–H and O–H groups in total. The molecule has 0 heterocycles. The number of sulfonamides is 1. The molecule has 17 heavy (non-hydrogen) atoms. The van der Waals surface area contributed by atoms with Gasteiger partial charge in [-0.25, -0.2) is 13.1 Å². The molecule has 1 atom stereocenters. The monoisotopic (exact) mass is 266 g/mol. The molecule has 0 saturated carbocycles. The summed E-state index contributed by atoms with van der Waals surface area (Å²) in [6, 6.07) is 0. The Morgan fingerprint density at radius 1 is 1.47 bits per heavy atom. The highest BCUT2D eigenvalue weighted by molar-refractivity contribution is 7.90. The molecule has 7 heteroatoms.